The van der Waals surface area contributed by atoms with Gasteiger partial charge in [-0.25, -0.2) is 0 Å². The number of hydrogen-bond donors (Lipinski definition) is 1. The molecule has 0 radical (unpaired) electrons. The van der Waals surface area contributed by atoms with Gasteiger partial charge in [0.1, 0.15) is 42.8 Å². The van der Waals surface area contributed by atoms with Crippen LogP contribution in [0.25, 0.3) is 0 Å². The third-order valence-corrected chi connectivity index (χ3v) is 12.3. The van der Waals surface area contributed by atoms with Gasteiger partial charge in [-0.15, -0.1) is 0 Å². The number of hydrogen-bond acceptors (Lipinski definition) is 7. The maximum Gasteiger partial charge on any atom is 0.231 e. The minimum absolute atomic E-state index is 0.0384. The summed E-state index contributed by atoms with van der Waals surface area (Å²) in [6.07, 6.45) is 3.54. The van der Waals surface area contributed by atoms with E-state index in [4.69, 9.17) is 28.4 Å². The van der Waals surface area contributed by atoms with Crippen LogP contribution in [0.2, 0.25) is 0 Å². The summed E-state index contributed by atoms with van der Waals surface area (Å²) in [5, 5.41) is 11.5. The zero-order chi connectivity index (χ0) is 39.4. The van der Waals surface area contributed by atoms with Gasteiger partial charge in [0, 0.05) is 31.6 Å². The van der Waals surface area contributed by atoms with Gasteiger partial charge in [-0.2, -0.15) is 0 Å². The van der Waals surface area contributed by atoms with Crippen LogP contribution in [-0.2, 0) is 31.5 Å². The first-order chi connectivity index (χ1) is 26.0. The molecule has 7 heteroatoms. The van der Waals surface area contributed by atoms with Gasteiger partial charge in [0.15, 0.2) is 0 Å². The van der Waals surface area contributed by atoms with Crippen LogP contribution in [0, 0.1) is 0 Å². The second-order valence-electron chi connectivity index (χ2n) is 17.5. The number of aromatic hydroxyl groups is 1. The van der Waals surface area contributed by atoms with Crippen LogP contribution in [0.3, 0.4) is 0 Å². The van der Waals surface area contributed by atoms with E-state index in [2.05, 4.69) is 97.0 Å². The summed E-state index contributed by atoms with van der Waals surface area (Å²) in [7, 11) is 0. The number of epoxide rings is 3. The molecule has 4 aromatic carbocycles. The Morgan fingerprint density at radius 2 is 0.982 bits per heavy atom. The highest BCUT2D eigenvalue weighted by Gasteiger charge is 2.45. The van der Waals surface area contributed by atoms with E-state index in [1.807, 2.05) is 51.1 Å². The first-order valence-corrected chi connectivity index (χ1v) is 20.2. The summed E-state index contributed by atoms with van der Waals surface area (Å²) in [5.74, 6) is 1.53. The van der Waals surface area contributed by atoms with E-state index in [0.717, 1.165) is 53.2 Å². The predicted molar refractivity (Wildman–Crippen MR) is 217 cm³/mol. The summed E-state index contributed by atoms with van der Waals surface area (Å²) >= 11 is 0. The lowest BCUT2D eigenvalue weighted by molar-refractivity contribution is 0.0772. The van der Waals surface area contributed by atoms with Gasteiger partial charge in [0.25, 0.3) is 0 Å². The summed E-state index contributed by atoms with van der Waals surface area (Å²) < 4.78 is 35.6. The Labute approximate surface area is 328 Å². The zero-order valence-corrected chi connectivity index (χ0v) is 34.5. The smallest absolute Gasteiger partial charge is 0.231 e. The molecule has 0 aliphatic carbocycles. The Morgan fingerprint density at radius 3 is 1.44 bits per heavy atom. The molecule has 3 saturated heterocycles. The molecule has 7 rings (SSSR count). The predicted octanol–water partition coefficient (Wildman–Crippen LogP) is 11.1. The van der Waals surface area contributed by atoms with Crippen LogP contribution in [0.1, 0.15) is 139 Å². The first kappa shape index (κ1) is 39.2. The summed E-state index contributed by atoms with van der Waals surface area (Å²) in [6, 6.07) is 27.6. The van der Waals surface area contributed by atoms with Gasteiger partial charge >= 0.3 is 0 Å². The molecule has 3 heterocycles. The van der Waals surface area contributed by atoms with E-state index in [0.29, 0.717) is 37.9 Å². The van der Waals surface area contributed by atoms with Gasteiger partial charge in [0.2, 0.25) is 17.4 Å². The zero-order valence-electron chi connectivity index (χ0n) is 34.5. The Bertz CT molecular complexity index is 1980. The van der Waals surface area contributed by atoms with Crippen LogP contribution in [0.15, 0.2) is 78.9 Å². The standard InChI is InChI=1S/C48H60O7/c1-11-31(12-2)41-27-37(45(6,7)35-16-21-39(22-17-35)54-47(9)29-51-47)25-33(43(41)55-48(10)30-52-48)24-32(13-3)40-26-36(18-23-42(40)49)44(4,5)34-14-19-38(20-15-34)53-46(8)28-50-46/h14-23,25-27,31-32,49H,11-13,24,28-30H2,1-10H3. The lowest BCUT2D eigenvalue weighted by Crippen LogP contribution is -2.23. The molecule has 3 aliphatic rings. The Kier molecular flexibility index (Phi) is 10.3. The van der Waals surface area contributed by atoms with E-state index in [9.17, 15) is 5.11 Å². The largest absolute Gasteiger partial charge is 0.508 e. The molecule has 0 bridgehead atoms. The third kappa shape index (κ3) is 8.40. The quantitative estimate of drug-likeness (QED) is 0.108. The van der Waals surface area contributed by atoms with Crippen LogP contribution in [0.5, 0.6) is 23.0 Å². The highest BCUT2D eigenvalue weighted by Crippen LogP contribution is 2.47. The van der Waals surface area contributed by atoms with Gasteiger partial charge in [-0.1, -0.05) is 97.0 Å². The molecule has 1 N–H and O–H groups in total. The number of ether oxygens (including phenoxy) is 6. The van der Waals surface area contributed by atoms with Crippen LogP contribution in [-0.4, -0.2) is 42.3 Å². The molecular weight excluding hydrogens is 689 g/mol. The maximum atomic E-state index is 11.5. The molecule has 4 aromatic rings. The van der Waals surface area contributed by atoms with Crippen molar-refractivity contribution in [2.24, 2.45) is 0 Å². The van der Waals surface area contributed by atoms with E-state index in [1.54, 1.807) is 0 Å². The van der Waals surface area contributed by atoms with Crippen molar-refractivity contribution in [2.75, 3.05) is 19.8 Å². The molecule has 7 nitrogen and oxygen atoms in total. The van der Waals surface area contributed by atoms with Crippen molar-refractivity contribution >= 4 is 0 Å². The van der Waals surface area contributed by atoms with Crippen LogP contribution < -0.4 is 14.2 Å². The van der Waals surface area contributed by atoms with Crippen molar-refractivity contribution in [3.8, 4) is 23.0 Å². The van der Waals surface area contributed by atoms with Crippen LogP contribution >= 0.6 is 0 Å². The number of rotatable bonds is 17. The van der Waals surface area contributed by atoms with Crippen molar-refractivity contribution < 1.29 is 33.5 Å². The maximum absolute atomic E-state index is 11.5. The van der Waals surface area contributed by atoms with E-state index >= 15 is 0 Å². The molecular formula is C48H60O7. The SMILES string of the molecule is CCC(Cc1cc(C(C)(C)c2ccc(OC3(C)CO3)cc2)cc(C(CC)CC)c1OC1(C)CO1)c1cc(C(C)(C)c2ccc(OC3(C)CO3)cc2)ccc1O. The lowest BCUT2D eigenvalue weighted by atomic mass is 9.74. The van der Waals surface area contributed by atoms with Gasteiger partial charge in [-0.3, -0.25) is 0 Å². The van der Waals surface area contributed by atoms with E-state index in [-0.39, 0.29) is 16.7 Å². The fraction of sp³-hybridized carbons (Fsp3) is 0.500. The molecule has 0 spiro atoms. The molecule has 55 heavy (non-hydrogen) atoms. The number of phenols is 1. The second kappa shape index (κ2) is 14.5. The number of benzene rings is 4. The fourth-order valence-electron chi connectivity index (χ4n) is 7.80. The Morgan fingerprint density at radius 1 is 0.564 bits per heavy atom. The third-order valence-electron chi connectivity index (χ3n) is 12.3. The van der Waals surface area contributed by atoms with Crippen molar-refractivity contribution in [1.82, 2.24) is 0 Å². The van der Waals surface area contributed by atoms with Gasteiger partial charge < -0.3 is 33.5 Å². The van der Waals surface area contributed by atoms with Crippen LogP contribution in [0.4, 0.5) is 0 Å². The van der Waals surface area contributed by atoms with Gasteiger partial charge in [0.05, 0.1) is 0 Å². The summed E-state index contributed by atoms with van der Waals surface area (Å²) in [5.41, 5.74) is 7.42. The van der Waals surface area contributed by atoms with E-state index in [1.165, 1.54) is 22.3 Å². The molecule has 0 saturated carbocycles. The normalized spacial score (nSPS) is 23.7. The second-order valence-corrected chi connectivity index (χ2v) is 17.5. The molecule has 294 valence electrons. The Hall–Kier alpha value is -4.04. The highest BCUT2D eigenvalue weighted by atomic mass is 16.8. The monoisotopic (exact) mass is 748 g/mol. The first-order valence-electron chi connectivity index (χ1n) is 20.2. The molecule has 0 amide bonds. The van der Waals surface area contributed by atoms with Crippen molar-refractivity contribution in [3.63, 3.8) is 0 Å². The molecule has 3 aliphatic heterocycles. The summed E-state index contributed by atoms with van der Waals surface area (Å²) in [4.78, 5) is 0. The lowest BCUT2D eigenvalue weighted by Gasteiger charge is -2.32. The number of phenolic OH excluding ortho intramolecular Hbond substituents is 1. The summed E-state index contributed by atoms with van der Waals surface area (Å²) in [6.45, 7) is 23.5. The van der Waals surface area contributed by atoms with Crippen molar-refractivity contribution in [3.05, 3.63) is 118 Å². The highest BCUT2D eigenvalue weighted by molar-refractivity contribution is 5.53. The average molecular weight is 749 g/mol. The van der Waals surface area contributed by atoms with Gasteiger partial charge in [-0.05, 0) is 107 Å². The minimum Gasteiger partial charge on any atom is -0.508 e. The Balaban J connectivity index is 1.25. The topological polar surface area (TPSA) is 85.5 Å². The molecule has 0 aromatic heterocycles. The van der Waals surface area contributed by atoms with Crippen molar-refractivity contribution in [2.45, 2.75) is 135 Å². The fourth-order valence-corrected chi connectivity index (χ4v) is 7.80. The van der Waals surface area contributed by atoms with Crippen molar-refractivity contribution in [1.29, 1.82) is 0 Å². The molecule has 4 atom stereocenters. The van der Waals surface area contributed by atoms with E-state index < -0.39 is 17.4 Å². The molecule has 3 fully saturated rings. The molecule has 4 unspecified atom stereocenters. The minimum atomic E-state index is -0.637. The average Bonchev–Trinajstić information content (AvgIpc) is 4.12.